The molecule has 2 aromatic heterocycles. The normalized spacial score (nSPS) is 10.4. The van der Waals surface area contributed by atoms with E-state index in [0.717, 1.165) is 11.3 Å². The van der Waals surface area contributed by atoms with E-state index in [1.807, 2.05) is 37.3 Å². The van der Waals surface area contributed by atoms with E-state index in [9.17, 15) is 0 Å². The predicted molar refractivity (Wildman–Crippen MR) is 90.2 cm³/mol. The summed E-state index contributed by atoms with van der Waals surface area (Å²) in [5.74, 6) is 2.73. The molecule has 0 amide bonds. The molecule has 0 unspecified atom stereocenters. The zero-order valence-electron chi connectivity index (χ0n) is 14.1. The Balaban J connectivity index is 1.78. The first-order valence-corrected chi connectivity index (χ1v) is 7.58. The molecule has 130 valence electrons. The Morgan fingerprint density at radius 1 is 1.04 bits per heavy atom. The molecule has 0 aliphatic heterocycles. The fourth-order valence-electron chi connectivity index (χ4n) is 2.12. The summed E-state index contributed by atoms with van der Waals surface area (Å²) >= 11 is 0. The minimum absolute atomic E-state index is 0.140. The van der Waals surface area contributed by atoms with Crippen molar-refractivity contribution in [3.8, 4) is 23.5 Å². The topological polar surface area (TPSA) is 91.5 Å². The largest absolute Gasteiger partial charge is 0.481 e. The Labute approximate surface area is 144 Å². The number of benzene rings is 1. The fraction of sp³-hybridized carbons (Fsp3) is 0.235. The van der Waals surface area contributed by atoms with Gasteiger partial charge in [0.15, 0.2) is 5.82 Å². The molecule has 0 radical (unpaired) electrons. The van der Waals surface area contributed by atoms with Crippen LogP contribution in [0.4, 0.5) is 5.82 Å². The molecule has 0 saturated carbocycles. The summed E-state index contributed by atoms with van der Waals surface area (Å²) in [5.41, 5.74) is 0.911. The van der Waals surface area contributed by atoms with Gasteiger partial charge in [0.1, 0.15) is 11.5 Å². The van der Waals surface area contributed by atoms with Crippen LogP contribution in [0.3, 0.4) is 0 Å². The third kappa shape index (κ3) is 4.17. The van der Waals surface area contributed by atoms with Crippen LogP contribution in [-0.4, -0.2) is 29.3 Å². The summed E-state index contributed by atoms with van der Waals surface area (Å²) in [7, 11) is 3.03. The number of para-hydroxylation sites is 1. The first kappa shape index (κ1) is 16.6. The van der Waals surface area contributed by atoms with Crippen LogP contribution in [0.5, 0.6) is 23.5 Å². The number of hydrogen-bond donors (Lipinski definition) is 1. The van der Waals surface area contributed by atoms with Gasteiger partial charge in [0.25, 0.3) is 0 Å². The fourth-order valence-corrected chi connectivity index (χ4v) is 2.12. The maximum absolute atomic E-state index is 5.82. The van der Waals surface area contributed by atoms with Gasteiger partial charge in [0.2, 0.25) is 11.8 Å². The molecular weight excluding hydrogens is 324 g/mol. The van der Waals surface area contributed by atoms with Crippen LogP contribution in [0, 0.1) is 6.92 Å². The smallest absolute Gasteiger partial charge is 0.328 e. The standard InChI is InChI=1S/C17H18N4O4/c1-11-8-14(21-25-11)18-10-12-6-4-5-7-13(12)24-17-19-15(22-2)9-16(20-17)23-3/h4-9H,10H2,1-3H3,(H,18,21). The summed E-state index contributed by atoms with van der Waals surface area (Å²) in [5, 5.41) is 7.08. The number of rotatable bonds is 7. The Morgan fingerprint density at radius 2 is 1.76 bits per heavy atom. The molecule has 8 nitrogen and oxygen atoms in total. The lowest BCUT2D eigenvalue weighted by atomic mass is 10.2. The van der Waals surface area contributed by atoms with E-state index < -0.39 is 0 Å². The first-order valence-electron chi connectivity index (χ1n) is 7.58. The molecule has 0 fully saturated rings. The van der Waals surface area contributed by atoms with Gasteiger partial charge in [-0.15, -0.1) is 0 Å². The second kappa shape index (κ2) is 7.52. The molecule has 0 atom stereocenters. The van der Waals surface area contributed by atoms with Crippen LogP contribution in [0.15, 0.2) is 40.9 Å². The van der Waals surface area contributed by atoms with Crippen molar-refractivity contribution in [3.05, 3.63) is 47.7 Å². The average molecular weight is 342 g/mol. The highest BCUT2D eigenvalue weighted by molar-refractivity contribution is 5.40. The SMILES string of the molecule is COc1cc(OC)nc(Oc2ccccc2CNc2cc(C)on2)n1. The zero-order chi connectivity index (χ0) is 17.6. The van der Waals surface area contributed by atoms with Crippen molar-refractivity contribution in [3.63, 3.8) is 0 Å². The number of anilines is 1. The molecule has 0 aliphatic rings. The molecule has 0 aliphatic carbocycles. The van der Waals surface area contributed by atoms with Gasteiger partial charge in [-0.2, -0.15) is 9.97 Å². The number of aryl methyl sites for hydroxylation is 1. The third-order valence-electron chi connectivity index (χ3n) is 3.34. The van der Waals surface area contributed by atoms with Gasteiger partial charge >= 0.3 is 6.01 Å². The molecule has 0 spiro atoms. The molecule has 25 heavy (non-hydrogen) atoms. The van der Waals surface area contributed by atoms with Crippen molar-refractivity contribution in [1.29, 1.82) is 0 Å². The lowest BCUT2D eigenvalue weighted by molar-refractivity contribution is 0.347. The van der Waals surface area contributed by atoms with E-state index in [1.165, 1.54) is 14.2 Å². The summed E-state index contributed by atoms with van der Waals surface area (Å²) in [6, 6.07) is 11.1. The van der Waals surface area contributed by atoms with Crippen LogP contribution < -0.4 is 19.5 Å². The van der Waals surface area contributed by atoms with Gasteiger partial charge < -0.3 is 24.1 Å². The van der Waals surface area contributed by atoms with Crippen molar-refractivity contribution in [2.45, 2.75) is 13.5 Å². The van der Waals surface area contributed by atoms with Crippen molar-refractivity contribution < 1.29 is 18.7 Å². The molecule has 0 saturated heterocycles. The third-order valence-corrected chi connectivity index (χ3v) is 3.34. The van der Waals surface area contributed by atoms with E-state index in [2.05, 4.69) is 20.4 Å². The van der Waals surface area contributed by atoms with E-state index in [-0.39, 0.29) is 6.01 Å². The van der Waals surface area contributed by atoms with Gasteiger partial charge in [-0.1, -0.05) is 23.4 Å². The molecule has 8 heteroatoms. The maximum atomic E-state index is 5.82. The molecule has 3 rings (SSSR count). The summed E-state index contributed by atoms with van der Waals surface area (Å²) in [4.78, 5) is 8.35. The number of hydrogen-bond acceptors (Lipinski definition) is 8. The number of ether oxygens (including phenoxy) is 3. The summed E-state index contributed by atoms with van der Waals surface area (Å²) < 4.78 is 21.1. The van der Waals surface area contributed by atoms with Gasteiger partial charge in [-0.3, -0.25) is 0 Å². The minimum atomic E-state index is 0.140. The van der Waals surface area contributed by atoms with Gasteiger partial charge in [-0.25, -0.2) is 0 Å². The first-order chi connectivity index (χ1) is 12.2. The number of methoxy groups -OCH3 is 2. The molecule has 3 aromatic rings. The summed E-state index contributed by atoms with van der Waals surface area (Å²) in [6.45, 7) is 2.34. The quantitative estimate of drug-likeness (QED) is 0.700. The van der Waals surface area contributed by atoms with Crippen molar-refractivity contribution in [1.82, 2.24) is 15.1 Å². The summed E-state index contributed by atoms with van der Waals surface area (Å²) in [6.07, 6.45) is 0. The second-order valence-electron chi connectivity index (χ2n) is 5.12. The van der Waals surface area contributed by atoms with Gasteiger partial charge in [-0.05, 0) is 13.0 Å². The van der Waals surface area contributed by atoms with Crippen LogP contribution >= 0.6 is 0 Å². The Bertz CT molecular complexity index is 828. The Kier molecular flexibility index (Phi) is 4.98. The zero-order valence-corrected chi connectivity index (χ0v) is 14.1. The molecule has 0 bridgehead atoms. The number of nitrogens with one attached hydrogen (secondary N) is 1. The van der Waals surface area contributed by atoms with Crippen molar-refractivity contribution in [2.24, 2.45) is 0 Å². The number of nitrogens with zero attached hydrogens (tertiary/aromatic N) is 3. The minimum Gasteiger partial charge on any atom is -0.481 e. The lowest BCUT2D eigenvalue weighted by Crippen LogP contribution is -2.03. The predicted octanol–water partition coefficient (Wildman–Crippen LogP) is 3.19. The van der Waals surface area contributed by atoms with Gasteiger partial charge in [0, 0.05) is 18.2 Å². The Morgan fingerprint density at radius 3 is 2.40 bits per heavy atom. The molecular formula is C17H18N4O4. The highest BCUT2D eigenvalue weighted by Crippen LogP contribution is 2.27. The monoisotopic (exact) mass is 342 g/mol. The maximum Gasteiger partial charge on any atom is 0.328 e. The van der Waals surface area contributed by atoms with Crippen LogP contribution in [0.25, 0.3) is 0 Å². The Hall–Kier alpha value is -3.29. The van der Waals surface area contributed by atoms with Crippen LogP contribution in [-0.2, 0) is 6.54 Å². The average Bonchev–Trinajstić information content (AvgIpc) is 3.06. The van der Waals surface area contributed by atoms with E-state index in [0.29, 0.717) is 29.9 Å². The van der Waals surface area contributed by atoms with Crippen LogP contribution in [0.1, 0.15) is 11.3 Å². The van der Waals surface area contributed by atoms with Crippen molar-refractivity contribution in [2.75, 3.05) is 19.5 Å². The molecule has 1 aromatic carbocycles. The highest BCUT2D eigenvalue weighted by atomic mass is 16.5. The van der Waals surface area contributed by atoms with E-state index in [1.54, 1.807) is 6.07 Å². The molecule has 2 heterocycles. The second-order valence-corrected chi connectivity index (χ2v) is 5.12. The van der Waals surface area contributed by atoms with E-state index >= 15 is 0 Å². The van der Waals surface area contributed by atoms with Crippen molar-refractivity contribution >= 4 is 5.82 Å². The number of aromatic nitrogens is 3. The van der Waals surface area contributed by atoms with E-state index in [4.69, 9.17) is 18.7 Å². The lowest BCUT2D eigenvalue weighted by Gasteiger charge is -2.11. The van der Waals surface area contributed by atoms with Crippen LogP contribution in [0.2, 0.25) is 0 Å². The molecule has 1 N–H and O–H groups in total. The van der Waals surface area contributed by atoms with Gasteiger partial charge in [0.05, 0.1) is 20.3 Å². The highest BCUT2D eigenvalue weighted by Gasteiger charge is 2.11.